The molecule has 0 saturated heterocycles. The molecule has 1 nitrogen and oxygen atoms in total. The van der Waals surface area contributed by atoms with E-state index in [0.717, 1.165) is 21.9 Å². The van der Waals surface area contributed by atoms with Crippen LogP contribution in [0.2, 0.25) is 0 Å². The van der Waals surface area contributed by atoms with Gasteiger partial charge in [-0.15, -0.1) is 0 Å². The number of fused-ring (bicyclic) bond motifs is 1. The van der Waals surface area contributed by atoms with E-state index in [9.17, 15) is 5.11 Å². The molecule has 94 valence electrons. The van der Waals surface area contributed by atoms with Crippen molar-refractivity contribution in [2.24, 2.45) is 0 Å². The lowest BCUT2D eigenvalue weighted by Crippen LogP contribution is -1.84. The Bertz CT molecular complexity index is 739. The van der Waals surface area contributed by atoms with Gasteiger partial charge in [0.2, 0.25) is 0 Å². The number of hydrogen-bond acceptors (Lipinski definition) is 1. The fourth-order valence-corrected chi connectivity index (χ4v) is 2.43. The average Bonchev–Trinajstić information content (AvgIpc) is 2.41. The van der Waals surface area contributed by atoms with Crippen LogP contribution in [0.25, 0.3) is 21.9 Å². The molecule has 1 heteroatoms. The van der Waals surface area contributed by atoms with Gasteiger partial charge in [0.15, 0.2) is 0 Å². The molecule has 0 heterocycles. The molecule has 0 aliphatic heterocycles. The Balaban J connectivity index is 2.30. The third kappa shape index (κ3) is 2.08. The van der Waals surface area contributed by atoms with Crippen LogP contribution in [0.3, 0.4) is 0 Å². The van der Waals surface area contributed by atoms with Gasteiger partial charge in [0.1, 0.15) is 5.75 Å². The summed E-state index contributed by atoms with van der Waals surface area (Å²) in [6, 6.07) is 18.4. The van der Waals surface area contributed by atoms with Crippen LogP contribution in [-0.4, -0.2) is 5.11 Å². The first-order chi connectivity index (χ1) is 9.15. The summed E-state index contributed by atoms with van der Waals surface area (Å²) in [5.74, 6) is 0.342. The number of benzene rings is 3. The van der Waals surface area contributed by atoms with Crippen molar-refractivity contribution in [3.63, 3.8) is 0 Å². The second-order valence-electron chi connectivity index (χ2n) is 5.05. The van der Waals surface area contributed by atoms with E-state index in [0.29, 0.717) is 5.75 Å². The van der Waals surface area contributed by atoms with Crippen molar-refractivity contribution in [3.05, 3.63) is 65.7 Å². The van der Waals surface area contributed by atoms with Gasteiger partial charge in [0.25, 0.3) is 0 Å². The highest BCUT2D eigenvalue weighted by Gasteiger charge is 2.07. The Hall–Kier alpha value is -2.28. The number of rotatable bonds is 1. The summed E-state index contributed by atoms with van der Waals surface area (Å²) in [4.78, 5) is 0. The Morgan fingerprint density at radius 2 is 1.37 bits per heavy atom. The van der Waals surface area contributed by atoms with Crippen LogP contribution in [-0.2, 0) is 0 Å². The molecule has 3 rings (SSSR count). The monoisotopic (exact) mass is 248 g/mol. The van der Waals surface area contributed by atoms with Gasteiger partial charge < -0.3 is 5.11 Å². The largest absolute Gasteiger partial charge is 0.507 e. The minimum absolute atomic E-state index is 0.342. The van der Waals surface area contributed by atoms with Crippen molar-refractivity contribution in [1.29, 1.82) is 0 Å². The van der Waals surface area contributed by atoms with Crippen LogP contribution in [0.5, 0.6) is 5.75 Å². The lowest BCUT2D eigenvalue weighted by molar-refractivity contribution is 0.481. The van der Waals surface area contributed by atoms with E-state index in [-0.39, 0.29) is 0 Å². The van der Waals surface area contributed by atoms with Gasteiger partial charge in [-0.2, -0.15) is 0 Å². The molecule has 3 aromatic rings. The third-order valence-corrected chi connectivity index (χ3v) is 3.51. The van der Waals surface area contributed by atoms with E-state index in [1.807, 2.05) is 19.1 Å². The molecule has 1 N–H and O–H groups in total. The number of aromatic hydroxyl groups is 1. The maximum absolute atomic E-state index is 10.0. The van der Waals surface area contributed by atoms with Crippen LogP contribution < -0.4 is 0 Å². The average molecular weight is 248 g/mol. The molecule has 0 bridgehead atoms. The van der Waals surface area contributed by atoms with Crippen molar-refractivity contribution < 1.29 is 5.11 Å². The van der Waals surface area contributed by atoms with Crippen LogP contribution >= 0.6 is 0 Å². The molecule has 0 radical (unpaired) electrons. The molecule has 0 fully saturated rings. The van der Waals surface area contributed by atoms with Gasteiger partial charge >= 0.3 is 0 Å². The minimum Gasteiger partial charge on any atom is -0.507 e. The molecular formula is C18H16O. The molecule has 0 spiro atoms. The summed E-state index contributed by atoms with van der Waals surface area (Å²) in [7, 11) is 0. The van der Waals surface area contributed by atoms with Crippen molar-refractivity contribution in [1.82, 2.24) is 0 Å². The van der Waals surface area contributed by atoms with E-state index in [2.05, 4.69) is 43.3 Å². The summed E-state index contributed by atoms with van der Waals surface area (Å²) < 4.78 is 0. The minimum atomic E-state index is 0.342. The maximum atomic E-state index is 10.0. The summed E-state index contributed by atoms with van der Waals surface area (Å²) in [5, 5.41) is 12.0. The lowest BCUT2D eigenvalue weighted by atomic mass is 9.96. The van der Waals surface area contributed by atoms with Gasteiger partial charge in [-0.25, -0.2) is 0 Å². The van der Waals surface area contributed by atoms with E-state index in [1.54, 1.807) is 6.07 Å². The van der Waals surface area contributed by atoms with Gasteiger partial charge in [0.05, 0.1) is 0 Å². The number of phenolic OH excluding ortho intramolecular Hbond substituents is 1. The molecule has 0 aromatic heterocycles. The third-order valence-electron chi connectivity index (χ3n) is 3.51. The normalized spacial score (nSPS) is 10.8. The molecule has 0 aliphatic rings. The first kappa shape index (κ1) is 11.8. The predicted octanol–water partition coefficient (Wildman–Crippen LogP) is 4.83. The topological polar surface area (TPSA) is 20.2 Å². The number of hydrogen-bond donors (Lipinski definition) is 1. The summed E-state index contributed by atoms with van der Waals surface area (Å²) in [5.41, 5.74) is 4.75. The van der Waals surface area contributed by atoms with Crippen LogP contribution in [0.15, 0.2) is 54.6 Å². The fraction of sp³-hybridized carbons (Fsp3) is 0.111. The highest BCUT2D eigenvalue weighted by atomic mass is 16.3. The summed E-state index contributed by atoms with van der Waals surface area (Å²) >= 11 is 0. The van der Waals surface area contributed by atoms with E-state index < -0.39 is 0 Å². The fourth-order valence-electron chi connectivity index (χ4n) is 2.43. The first-order valence-electron chi connectivity index (χ1n) is 6.44. The van der Waals surface area contributed by atoms with Crippen LogP contribution in [0, 0.1) is 13.8 Å². The van der Waals surface area contributed by atoms with Gasteiger partial charge in [0, 0.05) is 5.39 Å². The van der Waals surface area contributed by atoms with Crippen molar-refractivity contribution in [2.75, 3.05) is 0 Å². The van der Waals surface area contributed by atoms with E-state index in [4.69, 9.17) is 0 Å². The maximum Gasteiger partial charge on any atom is 0.123 e. The highest BCUT2D eigenvalue weighted by molar-refractivity contribution is 6.00. The second-order valence-corrected chi connectivity index (χ2v) is 5.05. The smallest absolute Gasteiger partial charge is 0.123 e. The zero-order chi connectivity index (χ0) is 13.4. The molecule has 0 saturated carbocycles. The second kappa shape index (κ2) is 4.43. The Labute approximate surface area is 113 Å². The molecule has 3 aromatic carbocycles. The molecule has 0 aliphatic carbocycles. The molecule has 0 unspecified atom stereocenters. The zero-order valence-electron chi connectivity index (χ0n) is 11.1. The van der Waals surface area contributed by atoms with E-state index >= 15 is 0 Å². The first-order valence-corrected chi connectivity index (χ1v) is 6.44. The molecule has 0 amide bonds. The van der Waals surface area contributed by atoms with Gasteiger partial charge in [-0.1, -0.05) is 53.6 Å². The number of aryl methyl sites for hydroxylation is 2. The predicted molar refractivity (Wildman–Crippen MR) is 80.5 cm³/mol. The molecule has 0 atom stereocenters. The molecule has 19 heavy (non-hydrogen) atoms. The SMILES string of the molecule is Cc1ccc(-c2ccc(O)c3cc(C)ccc23)cc1. The van der Waals surface area contributed by atoms with E-state index in [1.165, 1.54) is 11.1 Å². The van der Waals surface area contributed by atoms with Gasteiger partial charge in [-0.3, -0.25) is 0 Å². The lowest BCUT2D eigenvalue weighted by Gasteiger charge is -2.09. The van der Waals surface area contributed by atoms with Crippen LogP contribution in [0.1, 0.15) is 11.1 Å². The van der Waals surface area contributed by atoms with Gasteiger partial charge in [-0.05, 0) is 42.5 Å². The van der Waals surface area contributed by atoms with Crippen molar-refractivity contribution in [2.45, 2.75) is 13.8 Å². The standard InChI is InChI=1S/C18H16O/c1-12-3-6-14(7-4-12)15-9-10-18(19)17-11-13(2)5-8-16(15)17/h3-11,19H,1-2H3. The highest BCUT2D eigenvalue weighted by Crippen LogP contribution is 2.34. The zero-order valence-corrected chi connectivity index (χ0v) is 11.1. The van der Waals surface area contributed by atoms with Crippen molar-refractivity contribution in [3.8, 4) is 16.9 Å². The Kier molecular flexibility index (Phi) is 2.75. The molecular weight excluding hydrogens is 232 g/mol. The number of phenols is 1. The van der Waals surface area contributed by atoms with Crippen LogP contribution in [0.4, 0.5) is 0 Å². The summed E-state index contributed by atoms with van der Waals surface area (Å²) in [6.07, 6.45) is 0. The van der Waals surface area contributed by atoms with Crippen molar-refractivity contribution >= 4 is 10.8 Å². The Morgan fingerprint density at radius 1 is 0.684 bits per heavy atom. The Morgan fingerprint density at radius 3 is 2.11 bits per heavy atom. The summed E-state index contributed by atoms with van der Waals surface area (Å²) in [6.45, 7) is 4.12. The quantitative estimate of drug-likeness (QED) is 0.654.